The summed E-state index contributed by atoms with van der Waals surface area (Å²) in [5.74, 6) is 0. The normalized spacial score (nSPS) is 16.2. The van der Waals surface area contributed by atoms with Crippen LogP contribution in [0.2, 0.25) is 0 Å². The van der Waals surface area contributed by atoms with Crippen molar-refractivity contribution in [1.29, 1.82) is 0 Å². The number of hydrogen-bond donors (Lipinski definition) is 0. The standard InChI is InChI=1S/6C23H30/c1-21(2,3)15-9-11-19-17(13-15)18-14-16(22(4,5)6)10-12-20(18)23(19,7)8;1-21(2,3)15-9-11-17-18-12-10-16(22(4,5)6)14-20(18)23(7,8)19(17)13-15;1-21(2,3)15-11-9-13-17-19(15)20-16(22(4,5)6)12-10-14-18(20)23(17,7)8;1-21(2,3)17-13-9-11-15-16-12-10-14-18(22(4,5)6)20(16)23(7,8)19(15)17;1-21(2,3)15-12-13-16-17-10-9-11-18(22(4,5)6)20(17)23(7,8)19(16)14-15;1-21(2,3)15-13-17-16-11-9-10-12-18(16)23(7,8)20(17)19(14-15)22(4,5)6/h6*9-14H,1-8H3. The zero-order valence-electron chi connectivity index (χ0n) is 95.8. The minimum Gasteiger partial charge on any atom is -0.0619 e. The van der Waals surface area contributed by atoms with Crippen LogP contribution >= 0.6 is 0 Å². The number of hydrogen-bond acceptors (Lipinski definition) is 0. The van der Waals surface area contributed by atoms with E-state index in [-0.39, 0.29) is 97.5 Å². The Hall–Kier alpha value is -9.36. The second-order valence-corrected chi connectivity index (χ2v) is 57.7. The molecule has 12 aromatic carbocycles. The van der Waals surface area contributed by atoms with Crippen LogP contribution in [-0.4, -0.2) is 0 Å². The molecule has 0 amide bonds. The van der Waals surface area contributed by atoms with Crippen molar-refractivity contribution in [2.75, 3.05) is 0 Å². The van der Waals surface area contributed by atoms with Gasteiger partial charge in [-0.2, -0.15) is 0 Å². The summed E-state index contributed by atoms with van der Waals surface area (Å²) in [5.41, 5.74) is 55.1. The highest BCUT2D eigenvalue weighted by atomic mass is 14.5. The Morgan fingerprint density at radius 3 is 0.681 bits per heavy atom. The molecule has 0 heterocycles. The Morgan fingerprint density at radius 2 is 0.348 bits per heavy atom. The lowest BCUT2D eigenvalue weighted by atomic mass is 9.70. The van der Waals surface area contributed by atoms with Crippen LogP contribution in [0.25, 0.3) is 66.8 Å². The van der Waals surface area contributed by atoms with Crippen LogP contribution in [0.4, 0.5) is 0 Å². The van der Waals surface area contributed by atoms with E-state index in [4.69, 9.17) is 0 Å². The second-order valence-electron chi connectivity index (χ2n) is 57.7. The Morgan fingerprint density at radius 1 is 0.130 bits per heavy atom. The predicted molar refractivity (Wildman–Crippen MR) is 608 cm³/mol. The van der Waals surface area contributed by atoms with Crippen molar-refractivity contribution in [2.45, 2.75) is 430 Å². The quantitative estimate of drug-likeness (QED) is 0.142. The fourth-order valence-corrected chi connectivity index (χ4v) is 23.7. The molecule has 0 fully saturated rings. The van der Waals surface area contributed by atoms with Gasteiger partial charge in [-0.15, -0.1) is 0 Å². The van der Waals surface area contributed by atoms with Gasteiger partial charge >= 0.3 is 0 Å². The van der Waals surface area contributed by atoms with E-state index in [0.29, 0.717) is 0 Å². The summed E-state index contributed by atoms with van der Waals surface area (Å²) in [6.45, 7) is 112. The van der Waals surface area contributed by atoms with Crippen molar-refractivity contribution in [1.82, 2.24) is 0 Å². The third-order valence-electron chi connectivity index (χ3n) is 32.1. The molecule has 0 aromatic heterocycles. The van der Waals surface area contributed by atoms with Gasteiger partial charge < -0.3 is 0 Å². The summed E-state index contributed by atoms with van der Waals surface area (Å²) in [4.78, 5) is 0. The van der Waals surface area contributed by atoms with Crippen molar-refractivity contribution < 1.29 is 0 Å². The van der Waals surface area contributed by atoms with Gasteiger partial charge in [0.2, 0.25) is 0 Å². The van der Waals surface area contributed by atoms with Crippen molar-refractivity contribution in [2.24, 2.45) is 0 Å². The summed E-state index contributed by atoms with van der Waals surface area (Å²) in [6.07, 6.45) is 0. The molecule has 12 aromatic rings. The summed E-state index contributed by atoms with van der Waals surface area (Å²) in [7, 11) is 0. The molecule has 6 aliphatic rings. The third kappa shape index (κ3) is 19.4. The highest BCUT2D eigenvalue weighted by molar-refractivity contribution is 5.90. The molecule has 0 nitrogen and oxygen atoms in total. The smallest absolute Gasteiger partial charge is 0.0164 e. The highest BCUT2D eigenvalue weighted by Crippen LogP contribution is 2.61. The van der Waals surface area contributed by atoms with Crippen LogP contribution in [0.5, 0.6) is 0 Å². The first kappa shape index (κ1) is 106. The van der Waals surface area contributed by atoms with Crippen LogP contribution in [-0.2, 0) is 97.5 Å². The fraction of sp³-hybridized carbons (Fsp3) is 0.478. The largest absolute Gasteiger partial charge is 0.0619 e. The minimum absolute atomic E-state index is 0.0540. The van der Waals surface area contributed by atoms with E-state index >= 15 is 0 Å². The van der Waals surface area contributed by atoms with Crippen molar-refractivity contribution in [3.63, 3.8) is 0 Å². The van der Waals surface area contributed by atoms with Crippen molar-refractivity contribution in [3.05, 3.63) is 352 Å². The van der Waals surface area contributed by atoms with Gasteiger partial charge in [0.25, 0.3) is 0 Å². The van der Waals surface area contributed by atoms with E-state index in [1.807, 2.05) is 0 Å². The Kier molecular flexibility index (Phi) is 26.7. The summed E-state index contributed by atoms with van der Waals surface area (Å²) in [6, 6.07) is 83.7. The lowest BCUT2D eigenvalue weighted by molar-refractivity contribution is 0.536. The van der Waals surface area contributed by atoms with Gasteiger partial charge in [-0.1, -0.05) is 551 Å². The van der Waals surface area contributed by atoms with E-state index in [0.717, 1.165) is 0 Å². The first-order valence-corrected chi connectivity index (χ1v) is 52.4. The monoisotopic (exact) mass is 1840 g/mol. The molecule has 0 bridgehead atoms. The molecule has 0 radical (unpaired) electrons. The van der Waals surface area contributed by atoms with Gasteiger partial charge in [0.1, 0.15) is 0 Å². The molecule has 0 N–H and O–H groups in total. The van der Waals surface area contributed by atoms with Crippen LogP contribution in [0.1, 0.15) is 466 Å². The Balaban J connectivity index is 0.000000140. The van der Waals surface area contributed by atoms with Gasteiger partial charge in [-0.3, -0.25) is 0 Å². The van der Waals surface area contributed by atoms with Gasteiger partial charge in [-0.25, -0.2) is 0 Å². The lowest BCUT2D eigenvalue weighted by Crippen LogP contribution is -2.26. The maximum Gasteiger partial charge on any atom is 0.0164 e. The molecule has 0 saturated carbocycles. The first-order valence-electron chi connectivity index (χ1n) is 52.4. The average molecular weight is 1840 g/mol. The topological polar surface area (TPSA) is 0 Å². The van der Waals surface area contributed by atoms with Gasteiger partial charge in [0, 0.05) is 32.5 Å². The average Bonchev–Trinajstić information content (AvgIpc) is 1.53. The Bertz CT molecular complexity index is 6400. The minimum atomic E-state index is 0.0540. The fourth-order valence-electron chi connectivity index (χ4n) is 23.7. The van der Waals surface area contributed by atoms with Crippen LogP contribution in [0.3, 0.4) is 0 Å². The van der Waals surface area contributed by atoms with E-state index in [2.05, 4.69) is 551 Å². The molecule has 0 spiro atoms. The molecule has 138 heavy (non-hydrogen) atoms. The first-order chi connectivity index (χ1) is 62.6. The van der Waals surface area contributed by atoms with E-state index < -0.39 is 0 Å². The zero-order valence-corrected chi connectivity index (χ0v) is 95.8. The number of fused-ring (bicyclic) bond motifs is 18. The molecule has 0 unspecified atom stereocenters. The van der Waals surface area contributed by atoms with Crippen LogP contribution in [0, 0.1) is 0 Å². The van der Waals surface area contributed by atoms with Crippen molar-refractivity contribution >= 4 is 0 Å². The molecule has 0 saturated heterocycles. The predicted octanol–water partition coefficient (Wildman–Crippen LogP) is 39.5. The molecule has 18 rings (SSSR count). The van der Waals surface area contributed by atoms with Gasteiger partial charge in [0.15, 0.2) is 0 Å². The zero-order chi connectivity index (χ0) is 103. The summed E-state index contributed by atoms with van der Waals surface area (Å²) >= 11 is 0. The van der Waals surface area contributed by atoms with Crippen LogP contribution < -0.4 is 0 Å². The molecule has 732 valence electrons. The number of benzene rings is 12. The van der Waals surface area contributed by atoms with Crippen LogP contribution in [0.15, 0.2) is 218 Å². The molecular weight excluding hydrogens is 1660 g/mol. The maximum atomic E-state index is 2.46. The van der Waals surface area contributed by atoms with E-state index in [1.54, 1.807) is 0 Å². The number of rotatable bonds is 0. The van der Waals surface area contributed by atoms with Gasteiger partial charge in [-0.05, 0) is 265 Å². The van der Waals surface area contributed by atoms with E-state index in [1.165, 1.54) is 200 Å². The molecule has 0 heteroatoms. The SMILES string of the molecule is CC(C)(C)c1cc2c(c(C(C)(C)C)c1)C(C)(C)c1ccccc1-2.CC(C)(C)c1ccc2c(c1)-c1cc(C(C)(C)C)ccc1C2(C)C.CC(C)(C)c1ccc2c(c1)C(C)(C)c1c-2cccc1C(C)(C)C.CC(C)(C)c1ccc2c(c1)C(C)(C)c1cc(C(C)(C)C)ccc1-2.CC(C)(C)c1cccc2c1-c1c(C(C)(C)C)cccc1C2(C)C.CC(C)(C)c1cccc2c1C(C)(C)c1c-2cccc1C(C)(C)C. The maximum absolute atomic E-state index is 2.46. The summed E-state index contributed by atoms with van der Waals surface area (Å²) < 4.78 is 0. The highest BCUT2D eigenvalue weighted by Gasteiger charge is 2.48. The third-order valence-corrected chi connectivity index (χ3v) is 32.1. The second kappa shape index (κ2) is 34.8. The molecule has 0 atom stereocenters. The van der Waals surface area contributed by atoms with E-state index in [9.17, 15) is 0 Å². The molecular formula is C138H180. The van der Waals surface area contributed by atoms with Gasteiger partial charge in [0.05, 0.1) is 0 Å². The molecule has 6 aliphatic carbocycles. The molecule has 0 aliphatic heterocycles. The Labute approximate surface area is 842 Å². The summed E-state index contributed by atoms with van der Waals surface area (Å²) in [5, 5.41) is 0. The lowest BCUT2D eigenvalue weighted by Gasteiger charge is -2.33. The van der Waals surface area contributed by atoms with Crippen molar-refractivity contribution in [3.8, 4) is 66.8 Å².